The number of nitrogens with zero attached hydrogens (tertiary/aromatic N) is 1. The largest absolute Gasteiger partial charge is 0.367 e. The number of nitrogens with two attached hydrogens (primary N) is 1. The maximum Gasteiger partial charge on any atom is 0.128 e. The molecule has 1 heterocycles. The van der Waals surface area contributed by atoms with Crippen LogP contribution in [-0.2, 0) is 6.42 Å². The van der Waals surface area contributed by atoms with Crippen LogP contribution in [0.15, 0.2) is 53.5 Å². The highest BCUT2D eigenvalue weighted by Gasteiger charge is 2.29. The molecular weight excluding hydrogens is 423 g/mol. The molecule has 5 heteroatoms. The number of aliphatic imine (C=N–C) groups is 1. The van der Waals surface area contributed by atoms with Gasteiger partial charge in [-0.2, -0.15) is 0 Å². The number of hydrogen-bond acceptors (Lipinski definition) is 3. The first-order chi connectivity index (χ1) is 16.3. The van der Waals surface area contributed by atoms with Crippen LogP contribution in [0, 0.1) is 17.2 Å². The van der Waals surface area contributed by atoms with Crippen LogP contribution >= 0.6 is 0 Å². The van der Waals surface area contributed by atoms with Gasteiger partial charge in [0.25, 0.3) is 0 Å². The van der Waals surface area contributed by atoms with Crippen LogP contribution in [0.5, 0.6) is 0 Å². The lowest BCUT2D eigenvalue weighted by Crippen LogP contribution is -2.36. The Hall–Kier alpha value is -2.24. The monoisotopic (exact) mass is 466 g/mol. The van der Waals surface area contributed by atoms with Crippen molar-refractivity contribution in [2.75, 3.05) is 26.7 Å². The van der Waals surface area contributed by atoms with E-state index >= 15 is 0 Å². The zero-order valence-corrected chi connectivity index (χ0v) is 21.4. The topological polar surface area (TPSA) is 62.4 Å². The fourth-order valence-corrected chi connectivity index (χ4v) is 4.94. The Labute approximate surface area is 205 Å². The van der Waals surface area contributed by atoms with Gasteiger partial charge in [0, 0.05) is 19.0 Å². The quantitative estimate of drug-likeness (QED) is 0.316. The molecule has 34 heavy (non-hydrogen) atoms. The molecule has 0 aliphatic carbocycles. The maximum absolute atomic E-state index is 14.4. The minimum Gasteiger partial charge on any atom is -0.367 e. The van der Waals surface area contributed by atoms with Gasteiger partial charge >= 0.3 is 0 Å². The average molecular weight is 467 g/mol. The van der Waals surface area contributed by atoms with E-state index in [0.717, 1.165) is 31.8 Å². The first-order valence-corrected chi connectivity index (χ1v) is 12.8. The van der Waals surface area contributed by atoms with Crippen LogP contribution in [0.4, 0.5) is 4.39 Å². The van der Waals surface area contributed by atoms with Crippen molar-refractivity contribution in [2.24, 2.45) is 22.1 Å². The number of amidine groups is 1. The molecule has 4 N–H and O–H groups in total. The molecule has 0 radical (unpaired) electrons. The maximum atomic E-state index is 14.4. The highest BCUT2D eigenvalue weighted by atomic mass is 19.1. The Balaban J connectivity index is 1.62. The van der Waals surface area contributed by atoms with E-state index in [0.29, 0.717) is 30.4 Å². The van der Waals surface area contributed by atoms with Crippen LogP contribution in [0.25, 0.3) is 0 Å². The number of nitrogens with one attached hydrogen (secondary N) is 2. The second-order valence-electron chi connectivity index (χ2n) is 10.5. The van der Waals surface area contributed by atoms with E-state index < -0.39 is 0 Å². The molecular formula is C29H43FN4. The molecule has 3 rings (SSSR count). The van der Waals surface area contributed by atoms with Crippen molar-refractivity contribution in [3.63, 3.8) is 0 Å². The molecule has 186 valence electrons. The fourth-order valence-electron chi connectivity index (χ4n) is 4.94. The van der Waals surface area contributed by atoms with E-state index in [1.807, 2.05) is 19.2 Å². The SMILES string of the molecule is CN=C(CC(C)(C)C(C)Cc1ccc(C2CCNCC2)cc1)N[C@@H](CCN)c1ccccc1F. The summed E-state index contributed by atoms with van der Waals surface area (Å²) in [7, 11) is 1.81. The van der Waals surface area contributed by atoms with Gasteiger partial charge in [-0.1, -0.05) is 63.2 Å². The van der Waals surface area contributed by atoms with Gasteiger partial charge in [0.2, 0.25) is 0 Å². The third kappa shape index (κ3) is 7.13. The molecule has 0 aromatic heterocycles. The summed E-state index contributed by atoms with van der Waals surface area (Å²) in [5, 5.41) is 6.96. The van der Waals surface area contributed by atoms with Crippen molar-refractivity contribution in [2.45, 2.75) is 64.8 Å². The lowest BCUT2D eigenvalue weighted by atomic mass is 9.74. The van der Waals surface area contributed by atoms with E-state index in [1.165, 1.54) is 30.0 Å². The van der Waals surface area contributed by atoms with Crippen LogP contribution in [0.1, 0.15) is 75.1 Å². The van der Waals surface area contributed by atoms with Gasteiger partial charge in [-0.15, -0.1) is 0 Å². The van der Waals surface area contributed by atoms with Crippen molar-refractivity contribution in [3.8, 4) is 0 Å². The van der Waals surface area contributed by atoms with Crippen LogP contribution in [0.2, 0.25) is 0 Å². The molecule has 1 unspecified atom stereocenters. The normalized spacial score (nSPS) is 17.4. The summed E-state index contributed by atoms with van der Waals surface area (Å²) in [6, 6.07) is 16.0. The van der Waals surface area contributed by atoms with Crippen molar-refractivity contribution in [1.29, 1.82) is 0 Å². The van der Waals surface area contributed by atoms with E-state index in [2.05, 4.69) is 60.7 Å². The van der Waals surface area contributed by atoms with Crippen molar-refractivity contribution in [3.05, 3.63) is 71.0 Å². The molecule has 1 fully saturated rings. The van der Waals surface area contributed by atoms with E-state index in [1.54, 1.807) is 6.07 Å². The first kappa shape index (κ1) is 26.4. The van der Waals surface area contributed by atoms with Gasteiger partial charge in [-0.05, 0) is 79.8 Å². The fraction of sp³-hybridized carbons (Fsp3) is 0.552. The summed E-state index contributed by atoms with van der Waals surface area (Å²) < 4.78 is 14.4. The zero-order chi connectivity index (χ0) is 24.6. The van der Waals surface area contributed by atoms with Crippen LogP contribution in [0.3, 0.4) is 0 Å². The summed E-state index contributed by atoms with van der Waals surface area (Å²) in [5.41, 5.74) is 9.38. The summed E-state index contributed by atoms with van der Waals surface area (Å²) in [4.78, 5) is 4.54. The van der Waals surface area contributed by atoms with Gasteiger partial charge in [-0.25, -0.2) is 4.39 Å². The number of piperidine rings is 1. The van der Waals surface area contributed by atoms with Crippen molar-refractivity contribution >= 4 is 5.84 Å². The molecule has 1 aliphatic heterocycles. The number of rotatable bonds is 10. The zero-order valence-electron chi connectivity index (χ0n) is 21.4. The Morgan fingerprint density at radius 2 is 1.82 bits per heavy atom. The number of benzene rings is 2. The molecule has 1 aliphatic rings. The second kappa shape index (κ2) is 12.5. The minimum absolute atomic E-state index is 0.0258. The highest BCUT2D eigenvalue weighted by Crippen LogP contribution is 2.34. The van der Waals surface area contributed by atoms with Gasteiger partial charge in [0.05, 0.1) is 11.9 Å². The summed E-state index contributed by atoms with van der Waals surface area (Å²) in [6.45, 7) is 9.65. The molecule has 2 aromatic carbocycles. The van der Waals surface area contributed by atoms with E-state index in [9.17, 15) is 4.39 Å². The molecule has 2 aromatic rings. The number of hydrogen-bond donors (Lipinski definition) is 3. The van der Waals surface area contributed by atoms with Gasteiger partial charge in [-0.3, -0.25) is 4.99 Å². The first-order valence-electron chi connectivity index (χ1n) is 12.8. The lowest BCUT2D eigenvalue weighted by Gasteiger charge is -2.34. The lowest BCUT2D eigenvalue weighted by molar-refractivity contribution is 0.237. The van der Waals surface area contributed by atoms with Gasteiger partial charge < -0.3 is 16.4 Å². The van der Waals surface area contributed by atoms with Crippen molar-refractivity contribution in [1.82, 2.24) is 10.6 Å². The summed E-state index contributed by atoms with van der Waals surface area (Å²) in [6.07, 6.45) is 4.93. The predicted molar refractivity (Wildman–Crippen MR) is 142 cm³/mol. The molecule has 4 nitrogen and oxygen atoms in total. The molecule has 2 atom stereocenters. The third-order valence-corrected chi connectivity index (χ3v) is 7.64. The Morgan fingerprint density at radius 1 is 1.15 bits per heavy atom. The molecule has 0 saturated carbocycles. The van der Waals surface area contributed by atoms with Crippen molar-refractivity contribution < 1.29 is 4.39 Å². The Morgan fingerprint density at radius 3 is 2.44 bits per heavy atom. The third-order valence-electron chi connectivity index (χ3n) is 7.64. The minimum atomic E-state index is -0.204. The summed E-state index contributed by atoms with van der Waals surface area (Å²) >= 11 is 0. The molecule has 1 saturated heterocycles. The van der Waals surface area contributed by atoms with Crippen LogP contribution < -0.4 is 16.4 Å². The molecule has 0 spiro atoms. The Kier molecular flexibility index (Phi) is 9.66. The second-order valence-corrected chi connectivity index (χ2v) is 10.5. The van der Waals surface area contributed by atoms with Gasteiger partial charge in [0.1, 0.15) is 5.82 Å². The van der Waals surface area contributed by atoms with E-state index in [-0.39, 0.29) is 17.3 Å². The molecule has 0 bridgehead atoms. The summed E-state index contributed by atoms with van der Waals surface area (Å²) in [5.74, 6) is 1.84. The highest BCUT2D eigenvalue weighted by molar-refractivity contribution is 5.83. The van der Waals surface area contributed by atoms with Gasteiger partial charge in [0.15, 0.2) is 0 Å². The number of halogens is 1. The standard InChI is InChI=1S/C29H43FN4/c1-21(19-22-9-11-23(12-10-22)24-14-17-33-18-15-24)29(2,3)20-28(32-4)34-27(13-16-31)25-7-5-6-8-26(25)30/h5-12,21,24,27,33H,13-20,31H2,1-4H3,(H,32,34)/t21?,27-/m0/s1. The molecule has 0 amide bonds. The average Bonchev–Trinajstić information content (AvgIpc) is 2.84. The smallest absolute Gasteiger partial charge is 0.128 e. The predicted octanol–water partition coefficient (Wildman–Crippen LogP) is 5.60. The van der Waals surface area contributed by atoms with Crippen LogP contribution in [-0.4, -0.2) is 32.5 Å². The Bertz CT molecular complexity index is 916. The van der Waals surface area contributed by atoms with E-state index in [4.69, 9.17) is 5.73 Å².